The van der Waals surface area contributed by atoms with Crippen LogP contribution in [0.15, 0.2) is 103 Å². The molecule has 0 aliphatic carbocycles. The number of methoxy groups -OCH3 is 1. The molecule has 0 radical (unpaired) electrons. The molecular weight excluding hydrogens is 388 g/mol. The molecule has 0 saturated heterocycles. The highest BCUT2D eigenvalue weighted by Gasteiger charge is 2.17. The maximum Gasteiger partial charge on any atom is 0.131 e. The summed E-state index contributed by atoms with van der Waals surface area (Å²) in [6.07, 6.45) is 0. The lowest BCUT2D eigenvalue weighted by Crippen LogP contribution is -2.09. The first-order valence-electron chi connectivity index (χ1n) is 9.78. The number of aromatic nitrogens is 1. The Morgan fingerprint density at radius 1 is 0.700 bits per heavy atom. The lowest BCUT2D eigenvalue weighted by Gasteiger charge is -2.26. The molecule has 5 aromatic rings. The summed E-state index contributed by atoms with van der Waals surface area (Å²) in [7, 11) is 1.71. The van der Waals surface area contributed by atoms with Crippen LogP contribution >= 0.6 is 11.3 Å². The summed E-state index contributed by atoms with van der Waals surface area (Å²) in [6.45, 7) is 0. The number of ether oxygens (including phenoxy) is 1. The van der Waals surface area contributed by atoms with Crippen LogP contribution in [0.1, 0.15) is 0 Å². The Hall–Kier alpha value is -3.63. The zero-order valence-electron chi connectivity index (χ0n) is 16.5. The van der Waals surface area contributed by atoms with E-state index in [1.165, 1.54) is 4.70 Å². The summed E-state index contributed by atoms with van der Waals surface area (Å²) in [4.78, 5) is 7.03. The van der Waals surface area contributed by atoms with E-state index < -0.39 is 0 Å². The minimum absolute atomic E-state index is 0.809. The van der Waals surface area contributed by atoms with E-state index in [0.29, 0.717) is 0 Å². The van der Waals surface area contributed by atoms with Crippen LogP contribution in [0.3, 0.4) is 0 Å². The van der Waals surface area contributed by atoms with Gasteiger partial charge in [0, 0.05) is 23.1 Å². The molecule has 1 aromatic heterocycles. The summed E-state index contributed by atoms with van der Waals surface area (Å²) in [6, 6.07) is 35.2. The quantitative estimate of drug-likeness (QED) is 0.302. The van der Waals surface area contributed by atoms with E-state index in [4.69, 9.17) is 9.72 Å². The third-order valence-corrected chi connectivity index (χ3v) is 6.07. The number of nitrogens with zero attached hydrogens (tertiary/aromatic N) is 2. The zero-order chi connectivity index (χ0) is 20.3. The predicted octanol–water partition coefficient (Wildman–Crippen LogP) is 7.44. The molecule has 5 rings (SSSR count). The molecular formula is C26H20N2OS. The van der Waals surface area contributed by atoms with Crippen LogP contribution in [0.25, 0.3) is 20.8 Å². The number of para-hydroxylation sites is 3. The van der Waals surface area contributed by atoms with E-state index in [2.05, 4.69) is 77.7 Å². The van der Waals surface area contributed by atoms with Gasteiger partial charge in [-0.3, -0.25) is 0 Å². The average molecular weight is 409 g/mol. The molecule has 0 spiro atoms. The fourth-order valence-corrected chi connectivity index (χ4v) is 4.58. The second-order valence-electron chi connectivity index (χ2n) is 6.88. The van der Waals surface area contributed by atoms with Gasteiger partial charge in [-0.15, -0.1) is 11.3 Å². The van der Waals surface area contributed by atoms with E-state index in [1.54, 1.807) is 18.4 Å². The molecule has 30 heavy (non-hydrogen) atoms. The van der Waals surface area contributed by atoms with Gasteiger partial charge in [0.15, 0.2) is 0 Å². The third kappa shape index (κ3) is 3.42. The van der Waals surface area contributed by atoms with Crippen molar-refractivity contribution in [2.45, 2.75) is 0 Å². The molecule has 0 aliphatic rings. The Morgan fingerprint density at radius 2 is 1.33 bits per heavy atom. The van der Waals surface area contributed by atoms with Crippen LogP contribution in [0.2, 0.25) is 0 Å². The first kappa shape index (κ1) is 18.4. The van der Waals surface area contributed by atoms with Gasteiger partial charge in [-0.05, 0) is 48.5 Å². The highest BCUT2D eigenvalue weighted by atomic mass is 32.1. The van der Waals surface area contributed by atoms with Crippen LogP contribution in [-0.2, 0) is 0 Å². The number of anilines is 3. The topological polar surface area (TPSA) is 25.4 Å². The Bertz CT molecular complexity index is 1210. The lowest BCUT2D eigenvalue weighted by molar-refractivity contribution is 0.416. The lowest BCUT2D eigenvalue weighted by atomic mass is 10.1. The summed E-state index contributed by atoms with van der Waals surface area (Å²) >= 11 is 1.68. The van der Waals surface area contributed by atoms with Crippen LogP contribution in [0, 0.1) is 0 Å². The molecule has 0 atom stereocenters. The van der Waals surface area contributed by atoms with Gasteiger partial charge in [0.1, 0.15) is 10.8 Å². The van der Waals surface area contributed by atoms with Crippen molar-refractivity contribution in [1.82, 2.24) is 4.98 Å². The Labute approximate surface area is 179 Å². The summed E-state index contributed by atoms with van der Waals surface area (Å²) < 4.78 is 6.97. The number of hydrogen-bond acceptors (Lipinski definition) is 4. The molecule has 4 aromatic carbocycles. The van der Waals surface area contributed by atoms with Gasteiger partial charge in [0.2, 0.25) is 0 Å². The van der Waals surface area contributed by atoms with Crippen molar-refractivity contribution in [2.24, 2.45) is 0 Å². The number of rotatable bonds is 5. The molecule has 0 unspecified atom stereocenters. The second kappa shape index (κ2) is 8.01. The summed E-state index contributed by atoms with van der Waals surface area (Å²) in [5, 5.41) is 0.963. The number of fused-ring (bicyclic) bond motifs is 1. The zero-order valence-corrected chi connectivity index (χ0v) is 17.3. The van der Waals surface area contributed by atoms with Crippen LogP contribution in [0.5, 0.6) is 5.75 Å². The minimum Gasteiger partial charge on any atom is -0.496 e. The maximum absolute atomic E-state index is 5.80. The van der Waals surface area contributed by atoms with E-state index >= 15 is 0 Å². The predicted molar refractivity (Wildman–Crippen MR) is 126 cm³/mol. The van der Waals surface area contributed by atoms with Gasteiger partial charge in [-0.25, -0.2) is 4.98 Å². The van der Waals surface area contributed by atoms with Gasteiger partial charge >= 0.3 is 0 Å². The summed E-state index contributed by atoms with van der Waals surface area (Å²) in [5.41, 5.74) is 5.24. The highest BCUT2D eigenvalue weighted by molar-refractivity contribution is 7.21. The fourth-order valence-electron chi connectivity index (χ4n) is 3.58. The van der Waals surface area contributed by atoms with Crippen LogP contribution < -0.4 is 9.64 Å². The monoisotopic (exact) mass is 408 g/mol. The van der Waals surface area contributed by atoms with Crippen molar-refractivity contribution in [2.75, 3.05) is 12.0 Å². The largest absolute Gasteiger partial charge is 0.496 e. The number of thiazole rings is 1. The van der Waals surface area contributed by atoms with Gasteiger partial charge < -0.3 is 9.64 Å². The number of benzene rings is 4. The first-order valence-corrected chi connectivity index (χ1v) is 10.6. The molecule has 0 fully saturated rings. The third-order valence-electron chi connectivity index (χ3n) is 5.00. The van der Waals surface area contributed by atoms with Crippen molar-refractivity contribution in [3.05, 3.63) is 103 Å². The van der Waals surface area contributed by atoms with Gasteiger partial charge in [-0.2, -0.15) is 0 Å². The molecule has 1 heterocycles. The average Bonchev–Trinajstić information content (AvgIpc) is 3.25. The SMILES string of the molecule is COc1cc(N(c2ccccc2)c2ccccc2)ccc1-c1nc2ccccc2s1. The standard InChI is InChI=1S/C26H20N2OS/c1-29-24-18-21(16-17-22(24)26-27-23-14-8-9-15-25(23)30-26)28(19-10-4-2-5-11-19)20-12-6-3-7-13-20/h2-18H,1H3. The van der Waals surface area contributed by atoms with E-state index in [-0.39, 0.29) is 0 Å². The second-order valence-corrected chi connectivity index (χ2v) is 7.91. The molecule has 0 N–H and O–H groups in total. The molecule has 0 bridgehead atoms. The van der Waals surface area contributed by atoms with Crippen LogP contribution in [0.4, 0.5) is 17.1 Å². The van der Waals surface area contributed by atoms with Crippen molar-refractivity contribution in [3.63, 3.8) is 0 Å². The van der Waals surface area contributed by atoms with Gasteiger partial charge in [0.25, 0.3) is 0 Å². The van der Waals surface area contributed by atoms with Crippen molar-refractivity contribution >= 4 is 38.6 Å². The molecule has 4 heteroatoms. The maximum atomic E-state index is 5.80. The van der Waals surface area contributed by atoms with E-state index in [1.807, 2.05) is 30.3 Å². The van der Waals surface area contributed by atoms with E-state index in [9.17, 15) is 0 Å². The first-order chi connectivity index (χ1) is 14.8. The Balaban J connectivity index is 1.63. The normalized spacial score (nSPS) is 10.8. The van der Waals surface area contributed by atoms with Crippen molar-refractivity contribution in [1.29, 1.82) is 0 Å². The van der Waals surface area contributed by atoms with Gasteiger partial charge in [0.05, 0.1) is 22.9 Å². The number of hydrogen-bond donors (Lipinski definition) is 0. The Morgan fingerprint density at radius 3 is 1.97 bits per heavy atom. The van der Waals surface area contributed by atoms with Crippen LogP contribution in [-0.4, -0.2) is 12.1 Å². The molecule has 0 aliphatic heterocycles. The van der Waals surface area contributed by atoms with Crippen molar-refractivity contribution in [3.8, 4) is 16.3 Å². The fraction of sp³-hybridized carbons (Fsp3) is 0.0385. The molecule has 0 saturated carbocycles. The molecule has 0 amide bonds. The Kier molecular flexibility index (Phi) is 4.91. The molecule has 146 valence electrons. The van der Waals surface area contributed by atoms with Gasteiger partial charge in [-0.1, -0.05) is 48.5 Å². The molecule has 3 nitrogen and oxygen atoms in total. The minimum atomic E-state index is 0.809. The summed E-state index contributed by atoms with van der Waals surface area (Å²) in [5.74, 6) is 0.809. The smallest absolute Gasteiger partial charge is 0.131 e. The van der Waals surface area contributed by atoms with Crippen molar-refractivity contribution < 1.29 is 4.74 Å². The van der Waals surface area contributed by atoms with E-state index in [0.717, 1.165) is 38.9 Å². The highest BCUT2D eigenvalue weighted by Crippen LogP contribution is 2.41.